The van der Waals surface area contributed by atoms with Gasteiger partial charge in [0.05, 0.1) is 37.9 Å². The van der Waals surface area contributed by atoms with Gasteiger partial charge in [-0.05, 0) is 119 Å². The maximum Gasteiger partial charge on any atom is 0.474 e. The summed E-state index contributed by atoms with van der Waals surface area (Å²) < 4.78 is 37.7. The molecule has 1 aromatic heterocycles. The zero-order valence-corrected chi connectivity index (χ0v) is 32.9. The van der Waals surface area contributed by atoms with Gasteiger partial charge in [-0.2, -0.15) is 5.26 Å². The Bertz CT molecular complexity index is 1700. The molecule has 1 aromatic carbocycles. The average molecular weight is 729 g/mol. The minimum Gasteiger partial charge on any atom is -0.396 e. The van der Waals surface area contributed by atoms with Crippen molar-refractivity contribution < 1.29 is 42.4 Å². The van der Waals surface area contributed by atoms with E-state index >= 15 is 0 Å². The Hall–Kier alpha value is -2.39. The molecule has 51 heavy (non-hydrogen) atoms. The standard InChI is InChI=1S/C28H30N2O3.C6H15N.C5H13O5P/c1-25(2)24-22(31)13-20-19-7-6-16-12-18-17-11-15(14-29)5-8-21(17)30-23(18)27(16,4)26(19,3)9-10-28(20,32-24)33-25;1-4-7(5-2)6-3;1-8-11(7,9-2)10-5-3-4-6/h5,8,11,13,16,19,24,30H,6-7,9-10,12H2,1-4H3;4-6H2,1-3H3;6H,3-5H2,1-2H3/p+1/t16?,19?,24?,26?,27-,28?;;/m1../s1. The molecule has 5 unspecified atom stereocenters. The summed E-state index contributed by atoms with van der Waals surface area (Å²) in [6.45, 7) is 19.5. The summed E-state index contributed by atoms with van der Waals surface area (Å²) in [5.74, 6) is 0.123. The number of quaternary nitrogens is 1. The van der Waals surface area contributed by atoms with Gasteiger partial charge in [-0.15, -0.1) is 0 Å². The number of ketones is 1. The number of ether oxygens (including phenoxy) is 2. The zero-order valence-electron chi connectivity index (χ0n) is 32.0. The van der Waals surface area contributed by atoms with Gasteiger partial charge in [0.15, 0.2) is 17.7 Å². The molecule has 2 aliphatic heterocycles. The third-order valence-corrected chi connectivity index (χ3v) is 14.2. The van der Waals surface area contributed by atoms with Gasteiger partial charge < -0.3 is 24.5 Å². The molecule has 0 radical (unpaired) electrons. The van der Waals surface area contributed by atoms with Crippen LogP contribution in [0.2, 0.25) is 0 Å². The van der Waals surface area contributed by atoms with E-state index in [1.54, 1.807) is 4.90 Å². The summed E-state index contributed by atoms with van der Waals surface area (Å²) >= 11 is 0. The van der Waals surface area contributed by atoms with Gasteiger partial charge in [0.2, 0.25) is 0 Å². The van der Waals surface area contributed by atoms with Crippen LogP contribution in [-0.4, -0.2) is 80.4 Å². The molecular weight excluding hydrogens is 669 g/mol. The van der Waals surface area contributed by atoms with E-state index in [1.807, 2.05) is 38.1 Å². The van der Waals surface area contributed by atoms with Crippen molar-refractivity contribution >= 4 is 24.5 Å². The summed E-state index contributed by atoms with van der Waals surface area (Å²) in [5, 5.41) is 19.0. The molecule has 2 aromatic rings. The van der Waals surface area contributed by atoms with Gasteiger partial charge in [-0.1, -0.05) is 13.8 Å². The van der Waals surface area contributed by atoms with Crippen molar-refractivity contribution in [2.24, 2.45) is 17.3 Å². The molecule has 2 saturated carbocycles. The fourth-order valence-corrected chi connectivity index (χ4v) is 10.4. The molecule has 1 spiro atoms. The van der Waals surface area contributed by atoms with Crippen LogP contribution >= 0.6 is 7.82 Å². The highest BCUT2D eigenvalue weighted by molar-refractivity contribution is 7.48. The fraction of sp³-hybridized carbons (Fsp3) is 0.692. The third kappa shape index (κ3) is 6.81. The minimum absolute atomic E-state index is 0.00652. The number of aromatic nitrogens is 1. The normalized spacial score (nSPS) is 31.3. The number of aromatic amines is 1. The van der Waals surface area contributed by atoms with Crippen LogP contribution in [0.15, 0.2) is 29.8 Å². The largest absolute Gasteiger partial charge is 0.474 e. The highest BCUT2D eigenvalue weighted by Gasteiger charge is 2.70. The molecule has 12 heteroatoms. The van der Waals surface area contributed by atoms with Crippen LogP contribution in [0, 0.1) is 28.6 Å². The number of aliphatic hydroxyl groups excluding tert-OH is 1. The van der Waals surface area contributed by atoms with Crippen LogP contribution in [-0.2, 0) is 44.2 Å². The van der Waals surface area contributed by atoms with Crippen molar-refractivity contribution in [2.45, 2.75) is 110 Å². The van der Waals surface area contributed by atoms with Crippen LogP contribution in [0.5, 0.6) is 0 Å². The molecule has 3 heterocycles. The number of nitrogens with zero attached hydrogens (tertiary/aromatic N) is 1. The molecule has 1 saturated heterocycles. The lowest BCUT2D eigenvalue weighted by Crippen LogP contribution is -3.11. The Kier molecular flexibility index (Phi) is 11.8. The first kappa shape index (κ1) is 39.8. The molecule has 282 valence electrons. The van der Waals surface area contributed by atoms with E-state index < -0.39 is 25.3 Å². The average Bonchev–Trinajstić information content (AvgIpc) is 3.71. The highest BCUT2D eigenvalue weighted by atomic mass is 31.2. The van der Waals surface area contributed by atoms with Crippen LogP contribution < -0.4 is 4.90 Å². The minimum atomic E-state index is -3.32. The Morgan fingerprint density at radius 2 is 1.76 bits per heavy atom. The lowest BCUT2D eigenvalue weighted by Gasteiger charge is -2.61. The lowest BCUT2D eigenvalue weighted by molar-refractivity contribution is -0.894. The molecule has 0 amide bonds. The number of fused-ring (bicyclic) bond motifs is 9. The maximum absolute atomic E-state index is 13.1. The lowest BCUT2D eigenvalue weighted by atomic mass is 9.44. The van der Waals surface area contributed by atoms with Crippen LogP contribution in [0.1, 0.15) is 97.4 Å². The van der Waals surface area contributed by atoms with Crippen molar-refractivity contribution in [3.8, 4) is 6.07 Å². The summed E-state index contributed by atoms with van der Waals surface area (Å²) in [6.07, 6.45) is 6.82. The molecule has 3 fully saturated rings. The van der Waals surface area contributed by atoms with E-state index in [2.05, 4.69) is 54.7 Å². The molecule has 6 atom stereocenters. The van der Waals surface area contributed by atoms with Crippen LogP contribution in [0.25, 0.3) is 10.9 Å². The zero-order chi connectivity index (χ0) is 37.4. The van der Waals surface area contributed by atoms with E-state index in [4.69, 9.17) is 19.1 Å². The Morgan fingerprint density at radius 3 is 2.35 bits per heavy atom. The number of benzene rings is 1. The number of phosphoric acid groups is 1. The van der Waals surface area contributed by atoms with Crippen LogP contribution in [0.3, 0.4) is 0 Å². The van der Waals surface area contributed by atoms with Gasteiger partial charge in [-0.25, -0.2) is 4.57 Å². The van der Waals surface area contributed by atoms with Crippen LogP contribution in [0.4, 0.5) is 0 Å². The maximum atomic E-state index is 13.1. The van der Waals surface area contributed by atoms with Crippen molar-refractivity contribution in [3.63, 3.8) is 0 Å². The number of hydrogen-bond acceptors (Lipinski definition) is 9. The first-order valence-corrected chi connectivity index (χ1v) is 20.1. The number of carbonyl (C=O) groups excluding carboxylic acids is 1. The molecule has 2 bridgehead atoms. The van der Waals surface area contributed by atoms with E-state index in [1.165, 1.54) is 50.5 Å². The van der Waals surface area contributed by atoms with Crippen molar-refractivity contribution in [3.05, 3.63) is 46.7 Å². The monoisotopic (exact) mass is 728 g/mol. The first-order chi connectivity index (χ1) is 24.2. The molecular formula is C39H59N3O8P+. The summed E-state index contributed by atoms with van der Waals surface area (Å²) in [4.78, 5) is 18.5. The Labute approximate surface area is 303 Å². The second kappa shape index (κ2) is 15.2. The van der Waals surface area contributed by atoms with E-state index in [9.17, 15) is 14.6 Å². The second-order valence-electron chi connectivity index (χ2n) is 15.5. The smallest absolute Gasteiger partial charge is 0.396 e. The Morgan fingerprint density at radius 1 is 1.08 bits per heavy atom. The number of H-pyrrole nitrogens is 1. The van der Waals surface area contributed by atoms with Crippen molar-refractivity contribution in [1.82, 2.24) is 4.98 Å². The second-order valence-corrected chi connectivity index (χ2v) is 17.4. The number of carbonyl (C=O) groups is 1. The van der Waals surface area contributed by atoms with E-state index in [0.29, 0.717) is 17.9 Å². The van der Waals surface area contributed by atoms with E-state index in [-0.39, 0.29) is 35.7 Å². The predicted molar refractivity (Wildman–Crippen MR) is 195 cm³/mol. The molecule has 11 nitrogen and oxygen atoms in total. The number of aliphatic hydroxyl groups is 1. The number of hydrogen-bond donors (Lipinski definition) is 3. The third-order valence-electron chi connectivity index (χ3n) is 12.8. The van der Waals surface area contributed by atoms with Gasteiger partial charge in [0.25, 0.3) is 0 Å². The quantitative estimate of drug-likeness (QED) is 0.216. The summed E-state index contributed by atoms with van der Waals surface area (Å²) in [6, 6.07) is 8.30. The predicted octanol–water partition coefficient (Wildman–Crippen LogP) is 5.80. The number of phosphoric ester groups is 1. The molecule has 7 rings (SSSR count). The molecule has 3 aliphatic carbocycles. The van der Waals surface area contributed by atoms with Crippen molar-refractivity contribution in [2.75, 3.05) is 47.1 Å². The van der Waals surface area contributed by atoms with Gasteiger partial charge >= 0.3 is 7.82 Å². The van der Waals surface area contributed by atoms with E-state index in [0.717, 1.165) is 43.2 Å². The number of rotatable bonds is 9. The summed E-state index contributed by atoms with van der Waals surface area (Å²) in [7, 11) is -0.843. The number of nitrogens with one attached hydrogen (secondary N) is 2. The fourth-order valence-electron chi connectivity index (χ4n) is 9.67. The highest BCUT2D eigenvalue weighted by Crippen LogP contribution is 2.70. The van der Waals surface area contributed by atoms with Crippen molar-refractivity contribution in [1.29, 1.82) is 5.26 Å². The first-order valence-electron chi connectivity index (χ1n) is 18.7. The number of nitriles is 1. The molecule has 3 N–H and O–H groups in total. The summed E-state index contributed by atoms with van der Waals surface area (Å²) in [5.41, 5.74) is 5.01. The molecule has 5 aliphatic rings. The Balaban J connectivity index is 0.000000234. The van der Waals surface area contributed by atoms with Gasteiger partial charge in [0.1, 0.15) is 5.60 Å². The van der Waals surface area contributed by atoms with Gasteiger partial charge in [0, 0.05) is 49.3 Å². The van der Waals surface area contributed by atoms with Gasteiger partial charge in [-0.3, -0.25) is 18.4 Å². The topological polar surface area (TPSA) is 145 Å². The SMILES string of the molecule is CC1(C)OC23CCC4(C)C(CCC5Cc6c([nH]c7ccc(C#N)cc67)[C@@]54C)C2=CC(=O)C1O3.CC[NH+](CC)CC.COP(=O)(OC)OCCCO.